The van der Waals surface area contributed by atoms with Crippen LogP contribution in [0, 0.1) is 5.92 Å². The third-order valence-electron chi connectivity index (χ3n) is 3.27. The Labute approximate surface area is 126 Å². The highest BCUT2D eigenvalue weighted by Crippen LogP contribution is 2.27. The number of anilines is 2. The quantitative estimate of drug-likeness (QED) is 0.824. The molecule has 6 nitrogen and oxygen atoms in total. The highest BCUT2D eigenvalue weighted by molar-refractivity contribution is 7.22. The molecule has 0 aliphatic carbocycles. The molecule has 1 aromatic heterocycles. The van der Waals surface area contributed by atoms with Crippen LogP contribution >= 0.6 is 11.3 Å². The van der Waals surface area contributed by atoms with Gasteiger partial charge in [0.25, 0.3) is 5.91 Å². The maximum atomic E-state index is 11.8. The van der Waals surface area contributed by atoms with Crippen LogP contribution in [0.1, 0.15) is 6.42 Å². The van der Waals surface area contributed by atoms with Crippen molar-refractivity contribution in [3.05, 3.63) is 18.2 Å². The van der Waals surface area contributed by atoms with Gasteiger partial charge in [-0.05, 0) is 24.6 Å². The molecule has 1 atom stereocenters. The van der Waals surface area contributed by atoms with E-state index in [1.54, 1.807) is 6.07 Å². The Bertz CT molecular complexity index is 637. The normalized spacial score (nSPS) is 18.2. The highest BCUT2D eigenvalue weighted by atomic mass is 32.1. The summed E-state index contributed by atoms with van der Waals surface area (Å²) < 4.78 is 11.6. The molecule has 1 saturated heterocycles. The van der Waals surface area contributed by atoms with E-state index in [-0.39, 0.29) is 12.5 Å². The van der Waals surface area contributed by atoms with E-state index in [1.165, 1.54) is 11.3 Å². The van der Waals surface area contributed by atoms with Crippen molar-refractivity contribution < 1.29 is 14.3 Å². The number of hydrogen-bond donors (Lipinski definition) is 2. The van der Waals surface area contributed by atoms with Crippen molar-refractivity contribution in [1.29, 1.82) is 0 Å². The number of aromatic nitrogens is 1. The number of hydrogen-bond acceptors (Lipinski definition) is 6. The van der Waals surface area contributed by atoms with Gasteiger partial charge in [-0.25, -0.2) is 4.98 Å². The molecular formula is C14H17N3O3S. The lowest BCUT2D eigenvalue weighted by molar-refractivity contribution is -0.121. The van der Waals surface area contributed by atoms with Crippen LogP contribution in [-0.4, -0.2) is 37.3 Å². The molecule has 0 radical (unpaired) electrons. The van der Waals surface area contributed by atoms with Gasteiger partial charge in [-0.15, -0.1) is 0 Å². The van der Waals surface area contributed by atoms with Crippen LogP contribution in [0.2, 0.25) is 0 Å². The number of amides is 1. The molecule has 2 heterocycles. The maximum absolute atomic E-state index is 11.8. The molecule has 1 fully saturated rings. The first-order valence-electron chi connectivity index (χ1n) is 6.82. The second kappa shape index (κ2) is 6.38. The van der Waals surface area contributed by atoms with Gasteiger partial charge in [0, 0.05) is 18.2 Å². The van der Waals surface area contributed by atoms with Gasteiger partial charge in [0.2, 0.25) is 0 Å². The lowest BCUT2D eigenvalue weighted by atomic mass is 10.1. The lowest BCUT2D eigenvalue weighted by Crippen LogP contribution is -2.20. The van der Waals surface area contributed by atoms with Gasteiger partial charge in [0.1, 0.15) is 6.61 Å². The number of ether oxygens (including phenoxy) is 2. The zero-order valence-corrected chi connectivity index (χ0v) is 12.3. The van der Waals surface area contributed by atoms with Crippen LogP contribution in [0.4, 0.5) is 10.8 Å². The van der Waals surface area contributed by atoms with Gasteiger partial charge in [0.05, 0.1) is 23.4 Å². The Hall–Kier alpha value is -1.70. The fraction of sp³-hybridized carbons (Fsp3) is 0.429. The molecule has 3 N–H and O–H groups in total. The number of fused-ring (bicyclic) bond motifs is 1. The van der Waals surface area contributed by atoms with Crippen molar-refractivity contribution in [3.8, 4) is 0 Å². The van der Waals surface area contributed by atoms with Crippen molar-refractivity contribution in [2.24, 2.45) is 5.92 Å². The van der Waals surface area contributed by atoms with Crippen LogP contribution in [-0.2, 0) is 14.3 Å². The van der Waals surface area contributed by atoms with Crippen LogP contribution in [0.5, 0.6) is 0 Å². The number of nitrogen functional groups attached to an aromatic ring is 1. The van der Waals surface area contributed by atoms with Crippen LogP contribution in [0.3, 0.4) is 0 Å². The minimum Gasteiger partial charge on any atom is -0.399 e. The number of nitrogens with one attached hydrogen (secondary N) is 1. The molecule has 7 heteroatoms. The number of carbonyl (C=O) groups is 1. The first-order valence-corrected chi connectivity index (χ1v) is 7.64. The second-order valence-corrected chi connectivity index (χ2v) is 6.07. The zero-order chi connectivity index (χ0) is 14.7. The predicted molar refractivity (Wildman–Crippen MR) is 82.4 cm³/mol. The molecular weight excluding hydrogens is 290 g/mol. The van der Waals surface area contributed by atoms with Crippen molar-refractivity contribution in [2.75, 3.05) is 37.5 Å². The van der Waals surface area contributed by atoms with E-state index in [2.05, 4.69) is 10.3 Å². The Kier molecular flexibility index (Phi) is 4.33. The van der Waals surface area contributed by atoms with Crippen LogP contribution in [0.25, 0.3) is 10.2 Å². The van der Waals surface area contributed by atoms with Crippen LogP contribution in [0.15, 0.2) is 18.2 Å². The standard InChI is InChI=1S/C14H17N3O3S/c15-10-1-2-11-12(5-10)21-14(16-11)17-13(18)8-20-7-9-3-4-19-6-9/h1-2,5,9H,3-4,6-8,15H2,(H,16,17,18). The lowest BCUT2D eigenvalue weighted by Gasteiger charge is -2.07. The molecule has 1 aliphatic rings. The largest absolute Gasteiger partial charge is 0.399 e. The fourth-order valence-electron chi connectivity index (χ4n) is 2.18. The molecule has 0 saturated carbocycles. The monoisotopic (exact) mass is 307 g/mol. The molecule has 1 aliphatic heterocycles. The molecule has 1 amide bonds. The molecule has 0 spiro atoms. The molecule has 0 bridgehead atoms. The number of nitrogens with two attached hydrogens (primary N) is 1. The Morgan fingerprint density at radius 3 is 3.29 bits per heavy atom. The SMILES string of the molecule is Nc1ccc2nc(NC(=O)COCC3CCOC3)sc2c1. The van der Waals surface area contributed by atoms with Gasteiger partial charge in [0.15, 0.2) is 5.13 Å². The van der Waals surface area contributed by atoms with E-state index >= 15 is 0 Å². The summed E-state index contributed by atoms with van der Waals surface area (Å²) in [5.74, 6) is 0.212. The maximum Gasteiger partial charge on any atom is 0.252 e. The highest BCUT2D eigenvalue weighted by Gasteiger charge is 2.16. The van der Waals surface area contributed by atoms with Crippen molar-refractivity contribution >= 4 is 38.3 Å². The summed E-state index contributed by atoms with van der Waals surface area (Å²) in [7, 11) is 0. The number of benzene rings is 1. The molecule has 21 heavy (non-hydrogen) atoms. The Morgan fingerprint density at radius 1 is 1.57 bits per heavy atom. The van der Waals surface area contributed by atoms with Gasteiger partial charge in [-0.2, -0.15) is 0 Å². The Balaban J connectivity index is 1.51. The first kappa shape index (κ1) is 14.2. The van der Waals surface area contributed by atoms with E-state index in [4.69, 9.17) is 15.2 Å². The third-order valence-corrected chi connectivity index (χ3v) is 4.20. The topological polar surface area (TPSA) is 86.5 Å². The minimum atomic E-state index is -0.194. The number of rotatable bonds is 5. The fourth-order valence-corrected chi connectivity index (χ4v) is 3.11. The van der Waals surface area contributed by atoms with E-state index in [9.17, 15) is 4.79 Å². The zero-order valence-electron chi connectivity index (χ0n) is 11.5. The Morgan fingerprint density at radius 2 is 2.48 bits per heavy atom. The number of thiazole rings is 1. The van der Waals surface area contributed by atoms with Gasteiger partial charge in [-0.3, -0.25) is 10.1 Å². The second-order valence-electron chi connectivity index (χ2n) is 5.04. The van der Waals surface area contributed by atoms with Crippen molar-refractivity contribution in [2.45, 2.75) is 6.42 Å². The molecule has 2 aromatic rings. The van der Waals surface area contributed by atoms with Gasteiger partial charge in [-0.1, -0.05) is 11.3 Å². The summed E-state index contributed by atoms with van der Waals surface area (Å²) in [5, 5.41) is 3.31. The summed E-state index contributed by atoms with van der Waals surface area (Å²) in [5.41, 5.74) is 7.23. The average Bonchev–Trinajstić information content (AvgIpc) is 3.07. The van der Waals surface area contributed by atoms with Crippen molar-refractivity contribution in [1.82, 2.24) is 4.98 Å². The molecule has 112 valence electrons. The van der Waals surface area contributed by atoms with Crippen molar-refractivity contribution in [3.63, 3.8) is 0 Å². The van der Waals surface area contributed by atoms with E-state index in [1.807, 2.05) is 12.1 Å². The van der Waals surface area contributed by atoms with E-state index < -0.39 is 0 Å². The predicted octanol–water partition coefficient (Wildman–Crippen LogP) is 1.87. The van der Waals surface area contributed by atoms with E-state index in [0.717, 1.165) is 29.9 Å². The average molecular weight is 307 g/mol. The smallest absolute Gasteiger partial charge is 0.252 e. The van der Waals surface area contributed by atoms with Gasteiger partial charge >= 0.3 is 0 Å². The summed E-state index contributed by atoms with van der Waals surface area (Å²) in [6.07, 6.45) is 1.00. The summed E-state index contributed by atoms with van der Waals surface area (Å²) in [4.78, 5) is 16.1. The molecule has 1 aromatic carbocycles. The minimum absolute atomic E-state index is 0.0363. The van der Waals surface area contributed by atoms with Crippen LogP contribution < -0.4 is 11.1 Å². The summed E-state index contributed by atoms with van der Waals surface area (Å²) in [6.45, 7) is 2.11. The molecule has 3 rings (SSSR count). The summed E-state index contributed by atoms with van der Waals surface area (Å²) >= 11 is 1.40. The first-order chi connectivity index (χ1) is 10.2. The van der Waals surface area contributed by atoms with Gasteiger partial charge < -0.3 is 15.2 Å². The number of nitrogens with zero attached hydrogens (tertiary/aromatic N) is 1. The number of carbonyl (C=O) groups excluding carboxylic acids is 1. The third kappa shape index (κ3) is 3.69. The van der Waals surface area contributed by atoms with E-state index in [0.29, 0.717) is 23.3 Å². The molecule has 1 unspecified atom stereocenters. The summed E-state index contributed by atoms with van der Waals surface area (Å²) in [6, 6.07) is 5.48.